The molecule has 1 aromatic carbocycles. The summed E-state index contributed by atoms with van der Waals surface area (Å²) in [5, 5.41) is 2.96. The number of ketones is 1. The smallest absolute Gasteiger partial charge is 0.432 e. The molecule has 0 fully saturated rings. The van der Waals surface area contributed by atoms with Crippen LogP contribution in [-0.4, -0.2) is 45.4 Å². The van der Waals surface area contributed by atoms with E-state index in [1.54, 1.807) is 13.0 Å². The van der Waals surface area contributed by atoms with Crippen molar-refractivity contribution in [3.05, 3.63) is 28.8 Å². The molecule has 1 aromatic rings. The third-order valence-electron chi connectivity index (χ3n) is 3.95. The third kappa shape index (κ3) is 9.33. The Labute approximate surface area is 169 Å². The summed E-state index contributed by atoms with van der Waals surface area (Å²) < 4.78 is 15.8. The van der Waals surface area contributed by atoms with E-state index in [4.69, 9.17) is 14.2 Å². The van der Waals surface area contributed by atoms with Gasteiger partial charge in [-0.3, -0.25) is 4.79 Å². The molecular formula is C22H37NO5. The topological polar surface area (TPSA) is 73.9 Å². The molecule has 0 heterocycles. The maximum absolute atomic E-state index is 12.0. The van der Waals surface area contributed by atoms with Gasteiger partial charge in [0.05, 0.1) is 13.2 Å². The average molecular weight is 396 g/mol. The molecule has 0 amide bonds. The minimum absolute atomic E-state index is 0.0854. The molecule has 0 unspecified atom stereocenters. The lowest BCUT2D eigenvalue weighted by Crippen LogP contribution is -2.24. The van der Waals surface area contributed by atoms with Gasteiger partial charge in [-0.2, -0.15) is 0 Å². The summed E-state index contributed by atoms with van der Waals surface area (Å²) in [5.41, 5.74) is 2.35. The Morgan fingerprint density at radius 3 is 2.29 bits per heavy atom. The molecule has 6 heteroatoms. The standard InChI is InChI=1S/C20H31NO5.C2H6/c1-14-11-15(2)18(20(4,5)13-16(3)22)17(12-14)26-19(23)25-10-9-24-8-7-21-6;1-2/h11-12,21H,7-10,13H2,1-6H3;1-2H3. The SMILES string of the molecule is CC.CNCCOCCOC(=O)Oc1cc(C)cc(C)c1C(C)(C)CC(C)=O. The Balaban J connectivity index is 0.00000352. The molecule has 1 N–H and O–H groups in total. The highest BCUT2D eigenvalue weighted by molar-refractivity contribution is 5.77. The molecule has 0 atom stereocenters. The van der Waals surface area contributed by atoms with Gasteiger partial charge < -0.3 is 19.5 Å². The number of hydrogen-bond acceptors (Lipinski definition) is 6. The summed E-state index contributed by atoms with van der Waals surface area (Å²) in [6.45, 7) is 15.1. The molecule has 0 aliphatic carbocycles. The Bertz CT molecular complexity index is 626. The molecule has 1 rings (SSSR count). The van der Waals surface area contributed by atoms with Crippen molar-refractivity contribution in [1.29, 1.82) is 0 Å². The maximum atomic E-state index is 12.0. The number of carbonyl (C=O) groups is 2. The molecule has 0 saturated heterocycles. The van der Waals surface area contributed by atoms with Crippen LogP contribution in [0, 0.1) is 13.8 Å². The summed E-state index contributed by atoms with van der Waals surface area (Å²) in [7, 11) is 1.84. The van der Waals surface area contributed by atoms with Gasteiger partial charge in [0, 0.05) is 23.9 Å². The maximum Gasteiger partial charge on any atom is 0.513 e. The van der Waals surface area contributed by atoms with Gasteiger partial charge in [-0.1, -0.05) is 33.8 Å². The Hall–Kier alpha value is -1.92. The minimum Gasteiger partial charge on any atom is -0.432 e. The second kappa shape index (κ2) is 13.3. The van der Waals surface area contributed by atoms with Gasteiger partial charge in [0.25, 0.3) is 0 Å². The summed E-state index contributed by atoms with van der Waals surface area (Å²) in [6.07, 6.45) is -0.409. The second-order valence-corrected chi connectivity index (χ2v) is 7.13. The van der Waals surface area contributed by atoms with E-state index in [9.17, 15) is 9.59 Å². The number of rotatable bonds is 10. The van der Waals surface area contributed by atoms with Gasteiger partial charge in [0.1, 0.15) is 18.1 Å². The largest absolute Gasteiger partial charge is 0.513 e. The van der Waals surface area contributed by atoms with Crippen LogP contribution in [0.3, 0.4) is 0 Å². The minimum atomic E-state index is -0.771. The zero-order valence-corrected chi connectivity index (χ0v) is 18.7. The zero-order valence-electron chi connectivity index (χ0n) is 18.7. The Morgan fingerprint density at radius 1 is 1.07 bits per heavy atom. The fourth-order valence-corrected chi connectivity index (χ4v) is 3.17. The van der Waals surface area contributed by atoms with E-state index in [-0.39, 0.29) is 12.4 Å². The third-order valence-corrected chi connectivity index (χ3v) is 3.95. The number of nitrogens with one attached hydrogen (secondary N) is 1. The van der Waals surface area contributed by atoms with Crippen LogP contribution in [0.1, 0.15) is 57.7 Å². The van der Waals surface area contributed by atoms with Crippen molar-refractivity contribution in [2.45, 2.75) is 60.3 Å². The first kappa shape index (κ1) is 26.1. The van der Waals surface area contributed by atoms with Crippen LogP contribution in [0.25, 0.3) is 0 Å². The Kier molecular flexibility index (Phi) is 12.4. The fourth-order valence-electron chi connectivity index (χ4n) is 3.17. The fraction of sp³-hybridized carbons (Fsp3) is 0.636. The van der Waals surface area contributed by atoms with Crippen molar-refractivity contribution < 1.29 is 23.8 Å². The van der Waals surface area contributed by atoms with E-state index in [0.717, 1.165) is 23.2 Å². The van der Waals surface area contributed by atoms with Crippen molar-refractivity contribution in [1.82, 2.24) is 5.32 Å². The van der Waals surface area contributed by atoms with E-state index >= 15 is 0 Å². The second-order valence-electron chi connectivity index (χ2n) is 7.13. The molecule has 160 valence electrons. The number of ether oxygens (including phenoxy) is 3. The van der Waals surface area contributed by atoms with Crippen LogP contribution in [-0.2, 0) is 19.7 Å². The molecule has 0 radical (unpaired) electrons. The lowest BCUT2D eigenvalue weighted by atomic mass is 9.77. The number of hydrogen-bond donors (Lipinski definition) is 1. The molecule has 6 nitrogen and oxygen atoms in total. The first-order valence-corrected chi connectivity index (χ1v) is 9.85. The van der Waals surface area contributed by atoms with E-state index in [1.165, 1.54) is 0 Å². The van der Waals surface area contributed by atoms with Crippen LogP contribution >= 0.6 is 0 Å². The summed E-state index contributed by atoms with van der Waals surface area (Å²) in [4.78, 5) is 23.7. The lowest BCUT2D eigenvalue weighted by Gasteiger charge is -2.28. The van der Waals surface area contributed by atoms with Gasteiger partial charge in [-0.05, 0) is 45.0 Å². The molecule has 0 spiro atoms. The van der Waals surface area contributed by atoms with Gasteiger partial charge in [-0.25, -0.2) is 4.79 Å². The van der Waals surface area contributed by atoms with Crippen LogP contribution in [0.15, 0.2) is 12.1 Å². The van der Waals surface area contributed by atoms with Crippen molar-refractivity contribution in [2.75, 3.05) is 33.4 Å². The molecule has 0 bridgehead atoms. The van der Waals surface area contributed by atoms with Gasteiger partial charge in [0.15, 0.2) is 0 Å². The van der Waals surface area contributed by atoms with Crippen molar-refractivity contribution in [3.8, 4) is 5.75 Å². The zero-order chi connectivity index (χ0) is 21.7. The van der Waals surface area contributed by atoms with Crippen molar-refractivity contribution in [2.24, 2.45) is 0 Å². The number of benzene rings is 1. The number of carbonyl (C=O) groups excluding carboxylic acids is 2. The highest BCUT2D eigenvalue weighted by Gasteiger charge is 2.29. The molecule has 0 aliphatic heterocycles. The van der Waals surface area contributed by atoms with E-state index in [2.05, 4.69) is 5.32 Å². The van der Waals surface area contributed by atoms with Crippen LogP contribution in [0.5, 0.6) is 5.75 Å². The predicted octanol–water partition coefficient (Wildman–Crippen LogP) is 4.34. The first-order valence-electron chi connectivity index (χ1n) is 9.85. The van der Waals surface area contributed by atoms with E-state index < -0.39 is 11.6 Å². The summed E-state index contributed by atoms with van der Waals surface area (Å²) in [5.74, 6) is 0.525. The summed E-state index contributed by atoms with van der Waals surface area (Å²) >= 11 is 0. The molecule has 0 aromatic heterocycles. The Morgan fingerprint density at radius 2 is 1.71 bits per heavy atom. The molecular weight excluding hydrogens is 358 g/mol. The summed E-state index contributed by atoms with van der Waals surface area (Å²) in [6, 6.07) is 3.82. The predicted molar refractivity (Wildman–Crippen MR) is 112 cm³/mol. The molecule has 28 heavy (non-hydrogen) atoms. The average Bonchev–Trinajstić information content (AvgIpc) is 2.57. The van der Waals surface area contributed by atoms with Crippen LogP contribution in [0.2, 0.25) is 0 Å². The van der Waals surface area contributed by atoms with Gasteiger partial charge in [-0.15, -0.1) is 0 Å². The van der Waals surface area contributed by atoms with Crippen molar-refractivity contribution >= 4 is 11.9 Å². The number of Topliss-reactive ketones (excluding diaryl/α,β-unsaturated/α-hetero) is 1. The van der Waals surface area contributed by atoms with Gasteiger partial charge >= 0.3 is 6.16 Å². The van der Waals surface area contributed by atoms with E-state index in [1.807, 2.05) is 54.7 Å². The molecule has 0 aliphatic rings. The normalized spacial score (nSPS) is 10.7. The quantitative estimate of drug-likeness (QED) is 0.361. The van der Waals surface area contributed by atoms with E-state index in [0.29, 0.717) is 25.4 Å². The van der Waals surface area contributed by atoms with Crippen LogP contribution in [0.4, 0.5) is 4.79 Å². The highest BCUT2D eigenvalue weighted by atomic mass is 16.7. The lowest BCUT2D eigenvalue weighted by molar-refractivity contribution is -0.118. The number of aryl methyl sites for hydroxylation is 2. The first-order chi connectivity index (χ1) is 13.2. The van der Waals surface area contributed by atoms with Crippen molar-refractivity contribution in [3.63, 3.8) is 0 Å². The number of likely N-dealkylation sites (N-methyl/N-ethyl adjacent to an activating group) is 1. The molecule has 0 saturated carbocycles. The monoisotopic (exact) mass is 395 g/mol. The highest BCUT2D eigenvalue weighted by Crippen LogP contribution is 2.38. The van der Waals surface area contributed by atoms with Crippen LogP contribution < -0.4 is 10.1 Å². The van der Waals surface area contributed by atoms with Gasteiger partial charge in [0.2, 0.25) is 0 Å².